The maximum absolute atomic E-state index is 11.9. The lowest BCUT2D eigenvalue weighted by molar-refractivity contribution is 0.179. The van der Waals surface area contributed by atoms with Crippen LogP contribution in [0.3, 0.4) is 0 Å². The summed E-state index contributed by atoms with van der Waals surface area (Å²) in [6, 6.07) is 7.63. The van der Waals surface area contributed by atoms with Gasteiger partial charge in [0.15, 0.2) is 0 Å². The summed E-state index contributed by atoms with van der Waals surface area (Å²) in [5.74, 6) is 0.793. The van der Waals surface area contributed by atoms with Crippen LogP contribution in [0.2, 0.25) is 0 Å². The first-order valence-corrected chi connectivity index (χ1v) is 6.90. The third-order valence-electron chi connectivity index (χ3n) is 3.56. The van der Waals surface area contributed by atoms with E-state index >= 15 is 0 Å². The zero-order chi connectivity index (χ0) is 13.8. The molecule has 1 fully saturated rings. The summed E-state index contributed by atoms with van der Waals surface area (Å²) in [6.07, 6.45) is 1.96. The molecular weight excluding hydrogens is 240 g/mol. The van der Waals surface area contributed by atoms with Crippen molar-refractivity contribution < 1.29 is 9.90 Å². The minimum atomic E-state index is 0.0409. The lowest BCUT2D eigenvalue weighted by Crippen LogP contribution is -2.46. The smallest absolute Gasteiger partial charge is 0.317 e. The number of rotatable bonds is 2. The number of piperidine rings is 1. The molecule has 1 aromatic rings. The molecule has 0 spiro atoms. The normalized spacial score (nSPS) is 16.7. The van der Waals surface area contributed by atoms with E-state index in [0.29, 0.717) is 11.7 Å². The number of likely N-dealkylation sites (tertiary alicyclic amines) is 1. The third-order valence-corrected chi connectivity index (χ3v) is 3.56. The van der Waals surface area contributed by atoms with E-state index in [0.717, 1.165) is 25.9 Å². The van der Waals surface area contributed by atoms with Crippen molar-refractivity contribution in [1.29, 1.82) is 0 Å². The van der Waals surface area contributed by atoms with Crippen LogP contribution < -0.4 is 5.32 Å². The summed E-state index contributed by atoms with van der Waals surface area (Å²) in [7, 11) is 0. The Morgan fingerprint density at radius 2 is 1.84 bits per heavy atom. The Morgan fingerprint density at radius 1 is 1.26 bits per heavy atom. The molecule has 0 unspecified atom stereocenters. The van der Waals surface area contributed by atoms with Crippen LogP contribution in [0.4, 0.5) is 4.79 Å². The topological polar surface area (TPSA) is 52.6 Å². The quantitative estimate of drug-likeness (QED) is 0.861. The van der Waals surface area contributed by atoms with Crippen molar-refractivity contribution in [2.45, 2.75) is 38.6 Å². The maximum atomic E-state index is 11.9. The second kappa shape index (κ2) is 5.95. The van der Waals surface area contributed by atoms with Gasteiger partial charge in [0.1, 0.15) is 5.75 Å². The molecule has 0 atom stereocenters. The molecule has 19 heavy (non-hydrogen) atoms. The Labute approximate surface area is 114 Å². The molecule has 1 aliphatic heterocycles. The van der Waals surface area contributed by atoms with E-state index in [-0.39, 0.29) is 12.1 Å². The number of nitrogens with one attached hydrogen (secondary N) is 1. The molecule has 0 radical (unpaired) electrons. The Morgan fingerprint density at radius 3 is 2.37 bits per heavy atom. The van der Waals surface area contributed by atoms with Gasteiger partial charge in [0.05, 0.1) is 0 Å². The summed E-state index contributed by atoms with van der Waals surface area (Å²) in [5, 5.41) is 12.2. The van der Waals surface area contributed by atoms with E-state index in [2.05, 4.69) is 5.32 Å². The van der Waals surface area contributed by atoms with Gasteiger partial charge in [-0.25, -0.2) is 4.79 Å². The highest BCUT2D eigenvalue weighted by Gasteiger charge is 2.23. The number of urea groups is 1. The third kappa shape index (κ3) is 3.63. The number of carbonyl (C=O) groups excluding carboxylic acids is 1. The number of phenols is 1. The van der Waals surface area contributed by atoms with Gasteiger partial charge in [-0.15, -0.1) is 0 Å². The maximum Gasteiger partial charge on any atom is 0.317 e. The number of amides is 2. The van der Waals surface area contributed by atoms with Crippen molar-refractivity contribution in [3.05, 3.63) is 29.8 Å². The highest BCUT2D eigenvalue weighted by atomic mass is 16.3. The highest BCUT2D eigenvalue weighted by molar-refractivity contribution is 5.74. The van der Waals surface area contributed by atoms with E-state index in [1.807, 2.05) is 30.9 Å². The van der Waals surface area contributed by atoms with E-state index < -0.39 is 0 Å². The van der Waals surface area contributed by atoms with Gasteiger partial charge in [0.2, 0.25) is 0 Å². The molecule has 104 valence electrons. The number of carbonyl (C=O) groups is 1. The zero-order valence-electron chi connectivity index (χ0n) is 11.6. The van der Waals surface area contributed by atoms with E-state index in [1.54, 1.807) is 12.1 Å². The molecule has 1 heterocycles. The fourth-order valence-corrected chi connectivity index (χ4v) is 2.50. The van der Waals surface area contributed by atoms with Crippen LogP contribution in [0.15, 0.2) is 24.3 Å². The van der Waals surface area contributed by atoms with E-state index in [4.69, 9.17) is 0 Å². The SMILES string of the molecule is CC(C)NC(=O)N1CCC(c2ccc(O)cc2)CC1. The minimum absolute atomic E-state index is 0.0409. The Balaban J connectivity index is 1.88. The molecule has 0 saturated carbocycles. The number of benzene rings is 1. The molecule has 0 bridgehead atoms. The molecule has 0 aromatic heterocycles. The second-order valence-corrected chi connectivity index (χ2v) is 5.46. The van der Waals surface area contributed by atoms with Crippen molar-refractivity contribution >= 4 is 6.03 Å². The predicted octanol–water partition coefficient (Wildman–Crippen LogP) is 2.69. The van der Waals surface area contributed by atoms with Gasteiger partial charge in [-0.05, 0) is 50.3 Å². The molecule has 2 N–H and O–H groups in total. The predicted molar refractivity (Wildman–Crippen MR) is 75.3 cm³/mol. The molecule has 1 aromatic carbocycles. The molecule has 2 amide bonds. The van der Waals surface area contributed by atoms with Gasteiger partial charge in [0, 0.05) is 19.1 Å². The molecule has 2 rings (SSSR count). The van der Waals surface area contributed by atoms with Gasteiger partial charge < -0.3 is 15.3 Å². The van der Waals surface area contributed by atoms with Crippen LogP contribution in [0.5, 0.6) is 5.75 Å². The first-order valence-electron chi connectivity index (χ1n) is 6.90. The summed E-state index contributed by atoms with van der Waals surface area (Å²) in [4.78, 5) is 13.8. The van der Waals surface area contributed by atoms with Crippen molar-refractivity contribution in [2.75, 3.05) is 13.1 Å². The van der Waals surface area contributed by atoms with Crippen LogP contribution in [-0.4, -0.2) is 35.2 Å². The fourth-order valence-electron chi connectivity index (χ4n) is 2.50. The van der Waals surface area contributed by atoms with Gasteiger partial charge in [-0.2, -0.15) is 0 Å². The van der Waals surface area contributed by atoms with E-state index in [1.165, 1.54) is 5.56 Å². The Hall–Kier alpha value is -1.71. The van der Waals surface area contributed by atoms with E-state index in [9.17, 15) is 9.90 Å². The summed E-state index contributed by atoms with van der Waals surface area (Å²) < 4.78 is 0. The molecule has 4 heteroatoms. The molecule has 1 saturated heterocycles. The number of aromatic hydroxyl groups is 1. The Kier molecular flexibility index (Phi) is 4.30. The largest absolute Gasteiger partial charge is 0.508 e. The monoisotopic (exact) mass is 262 g/mol. The highest BCUT2D eigenvalue weighted by Crippen LogP contribution is 2.28. The molecule has 4 nitrogen and oxygen atoms in total. The molecule has 0 aliphatic carbocycles. The lowest BCUT2D eigenvalue weighted by Gasteiger charge is -2.32. The summed E-state index contributed by atoms with van der Waals surface area (Å²) >= 11 is 0. The molecule has 1 aliphatic rings. The lowest BCUT2D eigenvalue weighted by atomic mass is 9.89. The first kappa shape index (κ1) is 13.7. The number of hydrogen-bond acceptors (Lipinski definition) is 2. The Bertz CT molecular complexity index is 420. The number of nitrogens with zero attached hydrogens (tertiary/aromatic N) is 1. The van der Waals surface area contributed by atoms with Crippen LogP contribution in [-0.2, 0) is 0 Å². The molecular formula is C15H22N2O2. The van der Waals surface area contributed by atoms with Gasteiger partial charge >= 0.3 is 6.03 Å². The van der Waals surface area contributed by atoms with Crippen LogP contribution in [0, 0.1) is 0 Å². The van der Waals surface area contributed by atoms with Gasteiger partial charge in [0.25, 0.3) is 0 Å². The van der Waals surface area contributed by atoms with Crippen LogP contribution >= 0.6 is 0 Å². The number of hydrogen-bond donors (Lipinski definition) is 2. The fraction of sp³-hybridized carbons (Fsp3) is 0.533. The zero-order valence-corrected chi connectivity index (χ0v) is 11.6. The minimum Gasteiger partial charge on any atom is -0.508 e. The summed E-state index contributed by atoms with van der Waals surface area (Å²) in [6.45, 7) is 5.54. The van der Waals surface area contributed by atoms with Gasteiger partial charge in [-0.1, -0.05) is 12.1 Å². The standard InChI is InChI=1S/C15H22N2O2/c1-11(2)16-15(19)17-9-7-13(8-10-17)12-3-5-14(18)6-4-12/h3-6,11,13,18H,7-10H2,1-2H3,(H,16,19). The average molecular weight is 262 g/mol. The summed E-state index contributed by atoms with van der Waals surface area (Å²) in [5.41, 5.74) is 1.25. The second-order valence-electron chi connectivity index (χ2n) is 5.46. The van der Waals surface area contributed by atoms with Crippen LogP contribution in [0.1, 0.15) is 38.2 Å². The number of phenolic OH excluding ortho intramolecular Hbond substituents is 1. The van der Waals surface area contributed by atoms with Crippen LogP contribution in [0.25, 0.3) is 0 Å². The van der Waals surface area contributed by atoms with Crippen molar-refractivity contribution in [3.8, 4) is 5.75 Å². The first-order chi connectivity index (χ1) is 9.06. The van der Waals surface area contributed by atoms with Gasteiger partial charge in [-0.3, -0.25) is 0 Å². The van der Waals surface area contributed by atoms with Crippen molar-refractivity contribution in [1.82, 2.24) is 10.2 Å². The van der Waals surface area contributed by atoms with Crippen molar-refractivity contribution in [2.24, 2.45) is 0 Å². The van der Waals surface area contributed by atoms with Crippen molar-refractivity contribution in [3.63, 3.8) is 0 Å². The average Bonchev–Trinajstić information content (AvgIpc) is 2.39.